The standard InChI is InChI=1S/C28H36N3O6PS/c1-6-35-38(34,36-7-2)25(29)17-19-10-12-20(13-11-19)26(32)30-23-18-21(24-9-8-16-39-24)14-15-22(23)31-27(33)37-28(3,4)5/h8-16,18,25H,6-7,17,29H2,1-5H3,(H,30,32)(H,31,33). The van der Waals surface area contributed by atoms with E-state index in [4.69, 9.17) is 19.5 Å². The Kier molecular flexibility index (Phi) is 10.5. The first kappa shape index (κ1) is 30.5. The Morgan fingerprint density at radius 2 is 1.64 bits per heavy atom. The number of rotatable bonds is 11. The number of thiophene rings is 1. The largest absolute Gasteiger partial charge is 0.444 e. The van der Waals surface area contributed by atoms with Gasteiger partial charge in [-0.2, -0.15) is 0 Å². The van der Waals surface area contributed by atoms with Gasteiger partial charge in [-0.3, -0.25) is 14.7 Å². The summed E-state index contributed by atoms with van der Waals surface area (Å²) in [5, 5.41) is 7.59. The Morgan fingerprint density at radius 1 is 0.974 bits per heavy atom. The van der Waals surface area contributed by atoms with Crippen LogP contribution in [0, 0.1) is 0 Å². The van der Waals surface area contributed by atoms with Crippen molar-refractivity contribution >= 4 is 42.3 Å². The van der Waals surface area contributed by atoms with Gasteiger partial charge in [0.05, 0.1) is 24.6 Å². The normalized spacial score (nSPS) is 12.6. The highest BCUT2D eigenvalue weighted by molar-refractivity contribution is 7.54. The van der Waals surface area contributed by atoms with Crippen LogP contribution in [0.2, 0.25) is 0 Å². The molecule has 3 aromatic rings. The number of hydrogen-bond acceptors (Lipinski definition) is 8. The second kappa shape index (κ2) is 13.4. The summed E-state index contributed by atoms with van der Waals surface area (Å²) in [7, 11) is -3.45. The molecule has 3 rings (SSSR count). The molecule has 0 saturated heterocycles. The second-order valence-electron chi connectivity index (χ2n) is 9.66. The van der Waals surface area contributed by atoms with Gasteiger partial charge in [-0.15, -0.1) is 11.3 Å². The molecule has 4 N–H and O–H groups in total. The predicted octanol–water partition coefficient (Wildman–Crippen LogP) is 7.11. The van der Waals surface area contributed by atoms with E-state index in [1.54, 1.807) is 76.3 Å². The minimum atomic E-state index is -3.45. The predicted molar refractivity (Wildman–Crippen MR) is 157 cm³/mol. The number of carbonyl (C=O) groups is 2. The molecule has 9 nitrogen and oxygen atoms in total. The third-order valence-electron chi connectivity index (χ3n) is 5.39. The molecule has 39 heavy (non-hydrogen) atoms. The number of anilines is 2. The van der Waals surface area contributed by atoms with Gasteiger partial charge in [0.15, 0.2) is 0 Å². The van der Waals surface area contributed by atoms with Crippen molar-refractivity contribution in [2.45, 2.75) is 52.4 Å². The molecule has 1 heterocycles. The molecular formula is C28H36N3O6PS. The number of nitrogens with one attached hydrogen (secondary N) is 2. The van der Waals surface area contributed by atoms with Gasteiger partial charge in [0.2, 0.25) is 0 Å². The molecule has 2 aromatic carbocycles. The van der Waals surface area contributed by atoms with E-state index in [9.17, 15) is 14.2 Å². The Balaban J connectivity index is 1.79. The van der Waals surface area contributed by atoms with Crippen molar-refractivity contribution in [1.29, 1.82) is 0 Å². The van der Waals surface area contributed by atoms with E-state index < -0.39 is 25.1 Å². The Morgan fingerprint density at radius 3 is 2.21 bits per heavy atom. The van der Waals surface area contributed by atoms with Gasteiger partial charge in [-0.05, 0) is 87.9 Å². The number of amides is 2. The Hall–Kier alpha value is -3.01. The smallest absolute Gasteiger partial charge is 0.412 e. The molecule has 0 radical (unpaired) electrons. The number of ether oxygens (including phenoxy) is 1. The van der Waals surface area contributed by atoms with Crippen LogP contribution >= 0.6 is 18.9 Å². The van der Waals surface area contributed by atoms with Crippen LogP contribution in [0.4, 0.5) is 16.2 Å². The summed E-state index contributed by atoms with van der Waals surface area (Å²) in [6.07, 6.45) is -0.370. The summed E-state index contributed by atoms with van der Waals surface area (Å²) in [6.45, 7) is 9.24. The van der Waals surface area contributed by atoms with Crippen LogP contribution in [0.1, 0.15) is 50.5 Å². The third-order valence-corrected chi connectivity index (χ3v) is 8.54. The van der Waals surface area contributed by atoms with Crippen molar-refractivity contribution in [3.63, 3.8) is 0 Å². The van der Waals surface area contributed by atoms with Gasteiger partial charge in [-0.1, -0.05) is 24.3 Å². The van der Waals surface area contributed by atoms with E-state index in [-0.39, 0.29) is 25.5 Å². The molecule has 0 aliphatic carbocycles. The lowest BCUT2D eigenvalue weighted by Gasteiger charge is -2.23. The van der Waals surface area contributed by atoms with Crippen LogP contribution in [0.15, 0.2) is 60.0 Å². The number of nitrogens with two attached hydrogens (primary N) is 1. The van der Waals surface area contributed by atoms with Gasteiger partial charge in [-0.25, -0.2) is 4.79 Å². The van der Waals surface area contributed by atoms with Crippen molar-refractivity contribution in [1.82, 2.24) is 0 Å². The Bertz CT molecular complexity index is 1300. The monoisotopic (exact) mass is 573 g/mol. The molecule has 1 unspecified atom stereocenters. The van der Waals surface area contributed by atoms with E-state index in [2.05, 4.69) is 10.6 Å². The minimum absolute atomic E-state index is 0.225. The van der Waals surface area contributed by atoms with E-state index in [0.29, 0.717) is 16.9 Å². The van der Waals surface area contributed by atoms with Crippen LogP contribution in [0.5, 0.6) is 0 Å². The van der Waals surface area contributed by atoms with Crippen LogP contribution in [-0.4, -0.2) is 36.6 Å². The zero-order valence-corrected chi connectivity index (χ0v) is 24.6. The van der Waals surface area contributed by atoms with E-state index in [1.165, 1.54) is 0 Å². The summed E-state index contributed by atoms with van der Waals surface area (Å²) in [6, 6.07) is 16.2. The zero-order chi connectivity index (χ0) is 28.6. The first-order valence-corrected chi connectivity index (χ1v) is 15.2. The molecule has 0 spiro atoms. The van der Waals surface area contributed by atoms with Crippen molar-refractivity contribution < 1.29 is 27.9 Å². The quantitative estimate of drug-likeness (QED) is 0.209. The molecule has 0 aliphatic heterocycles. The summed E-state index contributed by atoms with van der Waals surface area (Å²) in [4.78, 5) is 26.6. The molecule has 0 bridgehead atoms. The molecule has 0 fully saturated rings. The van der Waals surface area contributed by atoms with Crippen molar-refractivity contribution in [3.05, 3.63) is 71.1 Å². The van der Waals surface area contributed by atoms with E-state index in [1.807, 2.05) is 29.6 Å². The maximum absolute atomic E-state index is 13.2. The van der Waals surface area contributed by atoms with Crippen LogP contribution in [-0.2, 0) is 24.8 Å². The minimum Gasteiger partial charge on any atom is -0.444 e. The fourth-order valence-corrected chi connectivity index (χ4v) is 6.03. The van der Waals surface area contributed by atoms with Gasteiger partial charge in [0.1, 0.15) is 11.4 Å². The maximum Gasteiger partial charge on any atom is 0.412 e. The summed E-state index contributed by atoms with van der Waals surface area (Å²) < 4.78 is 29.0. The molecule has 210 valence electrons. The molecule has 0 aliphatic rings. The summed E-state index contributed by atoms with van der Waals surface area (Å²) in [5.74, 6) is -1.20. The lowest BCUT2D eigenvalue weighted by atomic mass is 10.1. The molecular weight excluding hydrogens is 537 g/mol. The molecule has 1 aromatic heterocycles. The van der Waals surface area contributed by atoms with Crippen LogP contribution < -0.4 is 16.4 Å². The van der Waals surface area contributed by atoms with E-state index in [0.717, 1.165) is 16.0 Å². The molecule has 11 heteroatoms. The number of benzene rings is 2. The zero-order valence-electron chi connectivity index (χ0n) is 22.9. The van der Waals surface area contributed by atoms with Crippen molar-refractivity contribution in [2.75, 3.05) is 23.8 Å². The lowest BCUT2D eigenvalue weighted by molar-refractivity contribution is 0.0635. The first-order chi connectivity index (χ1) is 18.4. The highest BCUT2D eigenvalue weighted by atomic mass is 32.1. The summed E-state index contributed by atoms with van der Waals surface area (Å²) in [5.41, 5.74) is 8.41. The van der Waals surface area contributed by atoms with Gasteiger partial charge < -0.3 is 24.8 Å². The van der Waals surface area contributed by atoms with Crippen molar-refractivity contribution in [3.8, 4) is 10.4 Å². The average molecular weight is 574 g/mol. The highest BCUT2D eigenvalue weighted by Gasteiger charge is 2.32. The fourth-order valence-electron chi connectivity index (χ4n) is 3.69. The van der Waals surface area contributed by atoms with Crippen LogP contribution in [0.25, 0.3) is 10.4 Å². The van der Waals surface area contributed by atoms with E-state index >= 15 is 0 Å². The Labute approximate surface area is 233 Å². The van der Waals surface area contributed by atoms with Gasteiger partial charge >= 0.3 is 13.7 Å². The van der Waals surface area contributed by atoms with Gasteiger partial charge in [0.25, 0.3) is 5.91 Å². The summed E-state index contributed by atoms with van der Waals surface area (Å²) >= 11 is 1.57. The maximum atomic E-state index is 13.2. The number of carbonyl (C=O) groups excluding carboxylic acids is 2. The third kappa shape index (κ3) is 8.74. The SMILES string of the molecule is CCOP(=O)(OCC)C(N)Cc1ccc(C(=O)Nc2cc(-c3cccs3)ccc2NC(=O)OC(C)(C)C)cc1. The van der Waals surface area contributed by atoms with Crippen molar-refractivity contribution in [2.24, 2.45) is 5.73 Å². The average Bonchev–Trinajstić information content (AvgIpc) is 3.40. The molecule has 1 atom stereocenters. The van der Waals surface area contributed by atoms with Crippen LogP contribution in [0.3, 0.4) is 0 Å². The lowest BCUT2D eigenvalue weighted by Crippen LogP contribution is -2.27. The topological polar surface area (TPSA) is 129 Å². The van der Waals surface area contributed by atoms with Gasteiger partial charge in [0, 0.05) is 10.4 Å². The molecule has 0 saturated carbocycles. The molecule has 2 amide bonds. The second-order valence-corrected chi connectivity index (χ2v) is 12.9. The first-order valence-electron chi connectivity index (χ1n) is 12.7. The number of hydrogen-bond donors (Lipinski definition) is 3. The highest BCUT2D eigenvalue weighted by Crippen LogP contribution is 2.51. The fraction of sp³-hybridized carbons (Fsp3) is 0.357.